The van der Waals surface area contributed by atoms with Crippen LogP contribution in [0.1, 0.15) is 44.0 Å². The molecule has 0 radical (unpaired) electrons. The summed E-state index contributed by atoms with van der Waals surface area (Å²) in [6, 6.07) is 10.4. The first-order valence-corrected chi connectivity index (χ1v) is 11.0. The first-order valence-electron chi connectivity index (χ1n) is 11.0. The third kappa shape index (κ3) is 6.18. The van der Waals surface area contributed by atoms with Gasteiger partial charge in [0.2, 0.25) is 5.95 Å². The molecule has 32 heavy (non-hydrogen) atoms. The van der Waals surface area contributed by atoms with E-state index in [9.17, 15) is 5.11 Å². The highest BCUT2D eigenvalue weighted by atomic mass is 16.5. The number of rotatable bonds is 13. The van der Waals surface area contributed by atoms with Crippen LogP contribution in [0.3, 0.4) is 0 Å². The lowest BCUT2D eigenvalue weighted by Gasteiger charge is -2.22. The summed E-state index contributed by atoms with van der Waals surface area (Å²) in [6.45, 7) is 5.44. The number of anilines is 2. The van der Waals surface area contributed by atoms with Gasteiger partial charge < -0.3 is 25.0 Å². The molecular formula is C23H33N7O2. The lowest BCUT2D eigenvalue weighted by atomic mass is 10.1. The molecule has 0 aliphatic heterocycles. The SMILES string of the molecule is CCCN[C@@H](CCO)Nc1nc(NC)ncc1OCc1cncn1[C@@H](C)c1ccccc1. The fourth-order valence-corrected chi connectivity index (χ4v) is 3.37. The molecule has 9 heteroatoms. The Morgan fingerprint density at radius 2 is 2.00 bits per heavy atom. The zero-order chi connectivity index (χ0) is 22.8. The molecule has 0 spiro atoms. The van der Waals surface area contributed by atoms with Gasteiger partial charge in [-0.15, -0.1) is 0 Å². The van der Waals surface area contributed by atoms with Crippen LogP contribution in [-0.4, -0.2) is 51.0 Å². The van der Waals surface area contributed by atoms with E-state index in [1.54, 1.807) is 13.2 Å². The summed E-state index contributed by atoms with van der Waals surface area (Å²) in [5.74, 6) is 1.58. The maximum absolute atomic E-state index is 9.42. The van der Waals surface area contributed by atoms with E-state index in [-0.39, 0.29) is 18.8 Å². The standard InChI is InChI=1S/C23H33N7O2/c1-4-11-26-21(10-12-31)28-22-20(14-27-23(24-3)29-22)32-15-19-13-25-16-30(19)17(2)18-8-6-5-7-9-18/h5-9,13-14,16-17,21,26,31H,4,10-12,15H2,1-3H3,(H2,24,27,28,29)/t17-,21+/m0/s1. The van der Waals surface area contributed by atoms with Crippen molar-refractivity contribution in [3.05, 3.63) is 60.3 Å². The molecule has 3 aromatic rings. The van der Waals surface area contributed by atoms with E-state index < -0.39 is 0 Å². The van der Waals surface area contributed by atoms with Gasteiger partial charge in [0.05, 0.1) is 36.6 Å². The van der Waals surface area contributed by atoms with E-state index in [0.29, 0.717) is 30.5 Å². The number of benzene rings is 1. The maximum atomic E-state index is 9.42. The molecule has 0 aliphatic carbocycles. The summed E-state index contributed by atoms with van der Waals surface area (Å²) < 4.78 is 8.22. The third-order valence-electron chi connectivity index (χ3n) is 5.17. The van der Waals surface area contributed by atoms with Crippen molar-refractivity contribution in [1.29, 1.82) is 0 Å². The van der Waals surface area contributed by atoms with E-state index in [1.807, 2.05) is 30.7 Å². The Kier molecular flexibility index (Phi) is 8.82. The van der Waals surface area contributed by atoms with Crippen molar-refractivity contribution >= 4 is 11.8 Å². The second kappa shape index (κ2) is 12.0. The molecule has 1 aromatic carbocycles. The monoisotopic (exact) mass is 439 g/mol. The summed E-state index contributed by atoms with van der Waals surface area (Å²) in [4.78, 5) is 13.1. The van der Waals surface area contributed by atoms with Gasteiger partial charge in [0, 0.05) is 20.1 Å². The lowest BCUT2D eigenvalue weighted by molar-refractivity contribution is 0.269. The van der Waals surface area contributed by atoms with Crippen molar-refractivity contribution in [3.63, 3.8) is 0 Å². The molecule has 172 valence electrons. The molecule has 4 N–H and O–H groups in total. The summed E-state index contributed by atoms with van der Waals surface area (Å²) >= 11 is 0. The molecule has 3 rings (SSSR count). The quantitative estimate of drug-likeness (QED) is 0.301. The maximum Gasteiger partial charge on any atom is 0.224 e. The number of imidazole rings is 1. The van der Waals surface area contributed by atoms with Gasteiger partial charge in [-0.1, -0.05) is 37.3 Å². The van der Waals surface area contributed by atoms with E-state index in [4.69, 9.17) is 4.74 Å². The van der Waals surface area contributed by atoms with Crippen LogP contribution < -0.4 is 20.7 Å². The van der Waals surface area contributed by atoms with Gasteiger partial charge >= 0.3 is 0 Å². The molecule has 0 unspecified atom stereocenters. The van der Waals surface area contributed by atoms with Gasteiger partial charge in [-0.3, -0.25) is 5.32 Å². The Labute approximate surface area is 189 Å². The van der Waals surface area contributed by atoms with Crippen molar-refractivity contribution in [2.75, 3.05) is 30.8 Å². The van der Waals surface area contributed by atoms with Crippen molar-refractivity contribution in [2.45, 2.75) is 45.5 Å². The predicted octanol–water partition coefficient (Wildman–Crippen LogP) is 3.02. The van der Waals surface area contributed by atoms with Crippen molar-refractivity contribution in [3.8, 4) is 5.75 Å². The number of nitrogens with zero attached hydrogens (tertiary/aromatic N) is 4. The fraction of sp³-hybridized carbons (Fsp3) is 0.435. The van der Waals surface area contributed by atoms with Crippen LogP contribution in [0.15, 0.2) is 49.1 Å². The van der Waals surface area contributed by atoms with Gasteiger partial charge in [0.15, 0.2) is 11.6 Å². The number of hydrogen-bond donors (Lipinski definition) is 4. The Morgan fingerprint density at radius 1 is 1.19 bits per heavy atom. The normalized spacial score (nSPS) is 12.9. The second-order valence-corrected chi connectivity index (χ2v) is 7.49. The zero-order valence-corrected chi connectivity index (χ0v) is 19.0. The smallest absolute Gasteiger partial charge is 0.224 e. The number of ether oxygens (including phenoxy) is 1. The lowest BCUT2D eigenvalue weighted by Crippen LogP contribution is -2.38. The van der Waals surface area contributed by atoms with Gasteiger partial charge in [-0.2, -0.15) is 4.98 Å². The zero-order valence-electron chi connectivity index (χ0n) is 19.0. The summed E-state index contributed by atoms with van der Waals surface area (Å²) in [6.07, 6.45) is 6.68. The fourth-order valence-electron chi connectivity index (χ4n) is 3.37. The Morgan fingerprint density at radius 3 is 2.72 bits per heavy atom. The highest BCUT2D eigenvalue weighted by Gasteiger charge is 2.16. The first kappa shape index (κ1) is 23.5. The Balaban J connectivity index is 1.76. The number of nitrogens with one attached hydrogen (secondary N) is 3. The summed E-state index contributed by atoms with van der Waals surface area (Å²) in [5.41, 5.74) is 2.14. The van der Waals surface area contributed by atoms with E-state index in [2.05, 4.69) is 61.4 Å². The van der Waals surface area contributed by atoms with Crippen LogP contribution in [0.2, 0.25) is 0 Å². The molecule has 2 atom stereocenters. The predicted molar refractivity (Wildman–Crippen MR) is 126 cm³/mol. The highest BCUT2D eigenvalue weighted by Crippen LogP contribution is 2.25. The first-order chi connectivity index (χ1) is 15.7. The molecule has 9 nitrogen and oxygen atoms in total. The molecular weight excluding hydrogens is 406 g/mol. The number of hydrogen-bond acceptors (Lipinski definition) is 8. The highest BCUT2D eigenvalue weighted by molar-refractivity contribution is 5.52. The number of aliphatic hydroxyl groups is 1. The largest absolute Gasteiger partial charge is 0.482 e. The molecule has 0 amide bonds. The van der Waals surface area contributed by atoms with Crippen LogP contribution in [0, 0.1) is 0 Å². The molecule has 0 saturated heterocycles. The van der Waals surface area contributed by atoms with Gasteiger partial charge in [0.25, 0.3) is 0 Å². The molecule has 2 aromatic heterocycles. The van der Waals surface area contributed by atoms with Crippen LogP contribution in [-0.2, 0) is 6.61 Å². The minimum Gasteiger partial charge on any atom is -0.482 e. The average molecular weight is 440 g/mol. The molecule has 2 heterocycles. The number of aliphatic hydroxyl groups excluding tert-OH is 1. The molecule has 0 fully saturated rings. The van der Waals surface area contributed by atoms with Crippen LogP contribution in [0.5, 0.6) is 5.75 Å². The van der Waals surface area contributed by atoms with Gasteiger partial charge in [-0.05, 0) is 25.5 Å². The summed E-state index contributed by atoms with van der Waals surface area (Å²) in [7, 11) is 1.77. The van der Waals surface area contributed by atoms with Crippen LogP contribution in [0.25, 0.3) is 0 Å². The van der Waals surface area contributed by atoms with Gasteiger partial charge in [-0.25, -0.2) is 9.97 Å². The van der Waals surface area contributed by atoms with E-state index >= 15 is 0 Å². The van der Waals surface area contributed by atoms with Crippen LogP contribution >= 0.6 is 0 Å². The Bertz CT molecular complexity index is 949. The molecule has 0 bridgehead atoms. The summed E-state index contributed by atoms with van der Waals surface area (Å²) in [5, 5.41) is 19.1. The van der Waals surface area contributed by atoms with E-state index in [1.165, 1.54) is 5.56 Å². The third-order valence-corrected chi connectivity index (χ3v) is 5.17. The minimum atomic E-state index is -0.134. The molecule has 0 saturated carbocycles. The topological polar surface area (TPSA) is 109 Å². The van der Waals surface area contributed by atoms with Crippen molar-refractivity contribution < 1.29 is 9.84 Å². The number of aromatic nitrogens is 4. The Hall–Kier alpha value is -3.17. The molecule has 0 aliphatic rings. The minimum absolute atomic E-state index is 0.0606. The van der Waals surface area contributed by atoms with Crippen molar-refractivity contribution in [2.24, 2.45) is 0 Å². The second-order valence-electron chi connectivity index (χ2n) is 7.49. The van der Waals surface area contributed by atoms with Gasteiger partial charge in [0.1, 0.15) is 6.61 Å². The average Bonchev–Trinajstić information content (AvgIpc) is 3.30. The van der Waals surface area contributed by atoms with Crippen molar-refractivity contribution in [1.82, 2.24) is 24.8 Å². The van der Waals surface area contributed by atoms with Crippen LogP contribution in [0.4, 0.5) is 11.8 Å². The van der Waals surface area contributed by atoms with E-state index in [0.717, 1.165) is 18.7 Å².